The fourth-order valence-corrected chi connectivity index (χ4v) is 2.65. The van der Waals surface area contributed by atoms with Gasteiger partial charge in [0.05, 0.1) is 24.3 Å². The summed E-state index contributed by atoms with van der Waals surface area (Å²) in [5, 5.41) is 0.371. The molecule has 0 unspecified atom stereocenters. The van der Waals surface area contributed by atoms with E-state index in [1.807, 2.05) is 6.92 Å². The smallest absolute Gasteiger partial charge is 0.273 e. The molecule has 144 valence electrons. The summed E-state index contributed by atoms with van der Waals surface area (Å²) in [6, 6.07) is 4.94. The van der Waals surface area contributed by atoms with Crippen LogP contribution in [-0.2, 0) is 4.79 Å². The average molecular weight is 393 g/mol. The second-order valence-corrected chi connectivity index (χ2v) is 5.98. The van der Waals surface area contributed by atoms with Crippen LogP contribution in [0.5, 0.6) is 11.5 Å². The van der Waals surface area contributed by atoms with Gasteiger partial charge in [-0.3, -0.25) is 20.4 Å². The molecule has 27 heavy (non-hydrogen) atoms. The third-order valence-corrected chi connectivity index (χ3v) is 3.83. The predicted octanol–water partition coefficient (Wildman–Crippen LogP) is 3.43. The van der Waals surface area contributed by atoms with E-state index >= 15 is 0 Å². The highest BCUT2D eigenvalue weighted by Crippen LogP contribution is 2.36. The van der Waals surface area contributed by atoms with Gasteiger partial charge in [0, 0.05) is 6.08 Å². The molecule has 0 fully saturated rings. The fourth-order valence-electron chi connectivity index (χ4n) is 2.38. The molecule has 7 nitrogen and oxygen atoms in total. The Bertz CT molecular complexity index is 873. The van der Waals surface area contributed by atoms with Crippen molar-refractivity contribution in [3.8, 4) is 11.5 Å². The lowest BCUT2D eigenvalue weighted by molar-refractivity contribution is -0.117. The minimum Gasteiger partial charge on any atom is -0.493 e. The minimum absolute atomic E-state index is 0.361. The molecule has 1 aromatic carbocycles. The first-order valence-corrected chi connectivity index (χ1v) is 8.59. The number of hydrogen-bond donors (Lipinski definition) is 2. The first-order valence-electron chi connectivity index (χ1n) is 8.21. The van der Waals surface area contributed by atoms with Crippen LogP contribution in [0.4, 0.5) is 0 Å². The highest BCUT2D eigenvalue weighted by molar-refractivity contribution is 6.32. The van der Waals surface area contributed by atoms with E-state index in [1.165, 1.54) is 13.2 Å². The summed E-state index contributed by atoms with van der Waals surface area (Å²) < 4.78 is 16.0. The molecule has 1 aromatic heterocycles. The van der Waals surface area contributed by atoms with Crippen LogP contribution in [0.25, 0.3) is 6.08 Å². The fraction of sp³-hybridized carbons (Fsp3) is 0.263. The van der Waals surface area contributed by atoms with Gasteiger partial charge in [-0.05, 0) is 50.6 Å². The van der Waals surface area contributed by atoms with Gasteiger partial charge in [0.15, 0.2) is 11.5 Å². The third kappa shape index (κ3) is 5.27. The summed E-state index contributed by atoms with van der Waals surface area (Å²) in [4.78, 5) is 24.0. The molecule has 0 saturated carbocycles. The second kappa shape index (κ2) is 9.14. The van der Waals surface area contributed by atoms with Crippen LogP contribution < -0.4 is 20.3 Å². The summed E-state index contributed by atoms with van der Waals surface area (Å²) in [6.07, 6.45) is 2.80. The van der Waals surface area contributed by atoms with Gasteiger partial charge in [-0.1, -0.05) is 11.6 Å². The molecule has 8 heteroatoms. The Morgan fingerprint density at radius 2 is 1.96 bits per heavy atom. The molecule has 0 bridgehead atoms. The Hall–Kier alpha value is -2.93. The molecule has 2 aromatic rings. The molecule has 0 saturated heterocycles. The molecule has 0 spiro atoms. The molecule has 0 radical (unpaired) electrons. The molecule has 2 N–H and O–H groups in total. The first kappa shape index (κ1) is 20.4. The first-order chi connectivity index (χ1) is 12.8. The van der Waals surface area contributed by atoms with E-state index in [4.69, 9.17) is 25.5 Å². The lowest BCUT2D eigenvalue weighted by Crippen LogP contribution is -2.40. The Kier molecular flexibility index (Phi) is 6.90. The van der Waals surface area contributed by atoms with Gasteiger partial charge in [0.2, 0.25) is 0 Å². The van der Waals surface area contributed by atoms with E-state index in [9.17, 15) is 9.59 Å². The van der Waals surface area contributed by atoms with Gasteiger partial charge >= 0.3 is 0 Å². The van der Waals surface area contributed by atoms with Crippen LogP contribution in [0.1, 0.15) is 34.4 Å². The molecule has 2 amide bonds. The van der Waals surface area contributed by atoms with Crippen LogP contribution >= 0.6 is 11.6 Å². The number of carbonyl (C=O) groups is 2. The van der Waals surface area contributed by atoms with Crippen molar-refractivity contribution in [3.05, 3.63) is 51.9 Å². The Balaban J connectivity index is 2.01. The molecule has 0 atom stereocenters. The lowest BCUT2D eigenvalue weighted by Gasteiger charge is -2.11. The standard InChI is InChI=1S/C19H21ClN2O5/c1-5-26-18-15(20)9-13(10-16(18)25-4)6-7-17(23)21-22-19(24)14-8-11(2)27-12(14)3/h6-10H,5H2,1-4H3,(H,21,23)(H,22,24)/b7-6+. The van der Waals surface area contributed by atoms with E-state index in [-0.39, 0.29) is 0 Å². The summed E-state index contributed by atoms with van der Waals surface area (Å²) in [7, 11) is 1.50. The molecule has 1 heterocycles. The topological polar surface area (TPSA) is 89.8 Å². The number of methoxy groups -OCH3 is 1. The highest BCUT2D eigenvalue weighted by Gasteiger charge is 2.14. The van der Waals surface area contributed by atoms with Crippen LogP contribution in [0.3, 0.4) is 0 Å². The number of aryl methyl sites for hydroxylation is 2. The zero-order chi connectivity index (χ0) is 20.0. The van der Waals surface area contributed by atoms with Crippen molar-refractivity contribution < 1.29 is 23.5 Å². The largest absolute Gasteiger partial charge is 0.493 e. The summed E-state index contributed by atoms with van der Waals surface area (Å²) in [5.41, 5.74) is 5.64. The van der Waals surface area contributed by atoms with Gasteiger partial charge < -0.3 is 13.9 Å². The van der Waals surface area contributed by atoms with Crippen molar-refractivity contribution >= 4 is 29.5 Å². The van der Waals surface area contributed by atoms with Gasteiger partial charge in [0.1, 0.15) is 11.5 Å². The molecule has 0 aliphatic rings. The Morgan fingerprint density at radius 1 is 1.22 bits per heavy atom. The normalized spacial score (nSPS) is 10.7. The number of ether oxygens (including phenoxy) is 2. The van der Waals surface area contributed by atoms with Gasteiger partial charge in [0.25, 0.3) is 11.8 Å². The SMILES string of the molecule is CCOc1c(Cl)cc(/C=C/C(=O)NNC(=O)c2cc(C)oc2C)cc1OC. The van der Waals surface area contributed by atoms with E-state index in [0.717, 1.165) is 0 Å². The van der Waals surface area contributed by atoms with E-state index in [2.05, 4.69) is 10.9 Å². The molecule has 0 aliphatic heterocycles. The zero-order valence-corrected chi connectivity index (χ0v) is 16.3. The highest BCUT2D eigenvalue weighted by atomic mass is 35.5. The van der Waals surface area contributed by atoms with E-state index in [0.29, 0.717) is 45.8 Å². The maximum Gasteiger partial charge on any atom is 0.273 e. The van der Waals surface area contributed by atoms with Crippen molar-refractivity contribution in [1.29, 1.82) is 0 Å². The van der Waals surface area contributed by atoms with Crippen molar-refractivity contribution in [3.63, 3.8) is 0 Å². The van der Waals surface area contributed by atoms with Crippen LogP contribution in [0, 0.1) is 13.8 Å². The number of benzene rings is 1. The molecular formula is C19H21ClN2O5. The number of hydrazine groups is 1. The number of carbonyl (C=O) groups excluding carboxylic acids is 2. The summed E-state index contributed by atoms with van der Waals surface area (Å²) in [5.74, 6) is 1.03. The Labute approximate surface area is 162 Å². The lowest BCUT2D eigenvalue weighted by atomic mass is 10.2. The number of nitrogens with one attached hydrogen (secondary N) is 2. The number of halogens is 1. The molecule has 2 rings (SSSR count). The van der Waals surface area contributed by atoms with E-state index in [1.54, 1.807) is 38.1 Å². The predicted molar refractivity (Wildman–Crippen MR) is 102 cm³/mol. The quantitative estimate of drug-likeness (QED) is 0.580. The number of furan rings is 1. The molecule has 0 aliphatic carbocycles. The van der Waals surface area contributed by atoms with Crippen molar-refractivity contribution in [2.24, 2.45) is 0 Å². The zero-order valence-electron chi connectivity index (χ0n) is 15.5. The van der Waals surface area contributed by atoms with Crippen molar-refractivity contribution in [2.75, 3.05) is 13.7 Å². The second-order valence-electron chi connectivity index (χ2n) is 5.57. The molecular weight excluding hydrogens is 372 g/mol. The van der Waals surface area contributed by atoms with Crippen LogP contribution in [-0.4, -0.2) is 25.5 Å². The van der Waals surface area contributed by atoms with Crippen molar-refractivity contribution in [1.82, 2.24) is 10.9 Å². The van der Waals surface area contributed by atoms with Crippen LogP contribution in [0.15, 0.2) is 28.7 Å². The Morgan fingerprint density at radius 3 is 2.56 bits per heavy atom. The minimum atomic E-state index is -0.509. The van der Waals surface area contributed by atoms with Crippen LogP contribution in [0.2, 0.25) is 5.02 Å². The van der Waals surface area contributed by atoms with Gasteiger partial charge in [-0.15, -0.1) is 0 Å². The van der Waals surface area contributed by atoms with Gasteiger partial charge in [-0.2, -0.15) is 0 Å². The monoisotopic (exact) mass is 392 g/mol. The number of hydrogen-bond acceptors (Lipinski definition) is 5. The third-order valence-electron chi connectivity index (χ3n) is 3.55. The maximum absolute atomic E-state index is 12.0. The van der Waals surface area contributed by atoms with E-state index < -0.39 is 11.8 Å². The number of amides is 2. The van der Waals surface area contributed by atoms with Crippen molar-refractivity contribution in [2.45, 2.75) is 20.8 Å². The summed E-state index contributed by atoms with van der Waals surface area (Å²) >= 11 is 6.19. The summed E-state index contributed by atoms with van der Waals surface area (Å²) in [6.45, 7) is 5.70. The van der Waals surface area contributed by atoms with Gasteiger partial charge in [-0.25, -0.2) is 0 Å². The number of rotatable bonds is 6. The maximum atomic E-state index is 12.0. The average Bonchev–Trinajstić information content (AvgIpc) is 2.98.